The molecule has 1 aliphatic rings. The summed E-state index contributed by atoms with van der Waals surface area (Å²) < 4.78 is 0. The molecule has 0 heterocycles. The third kappa shape index (κ3) is 3.55. The molecule has 72 valence electrons. The molecule has 0 aromatic carbocycles. The maximum atomic E-state index is 5.83. The van der Waals surface area contributed by atoms with Crippen LogP contribution in [0.5, 0.6) is 0 Å². The van der Waals surface area contributed by atoms with Crippen molar-refractivity contribution >= 4 is 0 Å². The number of hydrogen-bond donors (Lipinski definition) is 2. The summed E-state index contributed by atoms with van der Waals surface area (Å²) in [4.78, 5) is 0. The van der Waals surface area contributed by atoms with Crippen molar-refractivity contribution < 1.29 is 0 Å². The molecule has 1 fully saturated rings. The molecule has 0 amide bonds. The van der Waals surface area contributed by atoms with Crippen LogP contribution in [0.15, 0.2) is 0 Å². The number of rotatable bonds is 3. The molecule has 0 aromatic heterocycles. The van der Waals surface area contributed by atoms with E-state index in [0.717, 1.165) is 5.92 Å². The number of nitrogens with two attached hydrogens (primary N) is 1. The first kappa shape index (κ1) is 10.0. The lowest BCUT2D eigenvalue weighted by molar-refractivity contribution is 0.308. The fourth-order valence-electron chi connectivity index (χ4n) is 1.79. The zero-order chi connectivity index (χ0) is 8.97. The molecule has 0 aromatic rings. The Bertz CT molecular complexity index is 115. The predicted molar refractivity (Wildman–Crippen MR) is 53.1 cm³/mol. The van der Waals surface area contributed by atoms with Gasteiger partial charge in [-0.1, -0.05) is 13.8 Å². The van der Waals surface area contributed by atoms with Crippen molar-refractivity contribution in [1.82, 2.24) is 5.32 Å². The van der Waals surface area contributed by atoms with Gasteiger partial charge in [0.25, 0.3) is 0 Å². The quantitative estimate of drug-likeness (QED) is 0.673. The first-order valence-electron chi connectivity index (χ1n) is 5.17. The zero-order valence-electron chi connectivity index (χ0n) is 8.34. The van der Waals surface area contributed by atoms with Crippen LogP contribution in [-0.2, 0) is 0 Å². The molecular formula is C10H22N2. The maximum Gasteiger partial charge on any atom is 0.00390 e. The van der Waals surface area contributed by atoms with Crippen molar-refractivity contribution in [2.45, 2.75) is 51.6 Å². The average molecular weight is 170 g/mol. The van der Waals surface area contributed by atoms with E-state index in [1.807, 2.05) is 0 Å². The summed E-state index contributed by atoms with van der Waals surface area (Å²) in [6.45, 7) is 5.59. The fourth-order valence-corrected chi connectivity index (χ4v) is 1.79. The molecular weight excluding hydrogens is 148 g/mol. The maximum absolute atomic E-state index is 5.83. The van der Waals surface area contributed by atoms with E-state index in [-0.39, 0.29) is 0 Å². The lowest BCUT2D eigenvalue weighted by Gasteiger charge is -2.26. The van der Waals surface area contributed by atoms with E-state index in [1.165, 1.54) is 32.2 Å². The highest BCUT2D eigenvalue weighted by atomic mass is 14.9. The van der Waals surface area contributed by atoms with E-state index >= 15 is 0 Å². The van der Waals surface area contributed by atoms with Gasteiger partial charge in [0.05, 0.1) is 0 Å². The SMILES string of the molecule is CC(C)NC[C@H]1CC[C@H](N)CC1. The van der Waals surface area contributed by atoms with Crippen molar-refractivity contribution in [3.63, 3.8) is 0 Å². The van der Waals surface area contributed by atoms with Gasteiger partial charge < -0.3 is 11.1 Å². The summed E-state index contributed by atoms with van der Waals surface area (Å²) in [6, 6.07) is 1.11. The Balaban J connectivity index is 2.09. The van der Waals surface area contributed by atoms with Gasteiger partial charge in [0.15, 0.2) is 0 Å². The highest BCUT2D eigenvalue weighted by Crippen LogP contribution is 2.22. The topological polar surface area (TPSA) is 38.0 Å². The molecule has 2 heteroatoms. The van der Waals surface area contributed by atoms with Crippen LogP contribution >= 0.6 is 0 Å². The molecule has 2 nitrogen and oxygen atoms in total. The molecule has 1 rings (SSSR count). The Hall–Kier alpha value is -0.0800. The molecule has 0 radical (unpaired) electrons. The lowest BCUT2D eigenvalue weighted by atomic mass is 9.86. The standard InChI is InChI=1S/C10H22N2/c1-8(2)12-7-9-3-5-10(11)6-4-9/h8-10,12H,3-7,11H2,1-2H3/t9-,10-. The van der Waals surface area contributed by atoms with E-state index in [9.17, 15) is 0 Å². The van der Waals surface area contributed by atoms with E-state index < -0.39 is 0 Å². The van der Waals surface area contributed by atoms with Crippen LogP contribution in [-0.4, -0.2) is 18.6 Å². The Morgan fingerprint density at radius 3 is 2.33 bits per heavy atom. The largest absolute Gasteiger partial charge is 0.328 e. The van der Waals surface area contributed by atoms with Crippen molar-refractivity contribution in [3.05, 3.63) is 0 Å². The van der Waals surface area contributed by atoms with Gasteiger partial charge in [-0.15, -0.1) is 0 Å². The molecule has 0 bridgehead atoms. The summed E-state index contributed by atoms with van der Waals surface area (Å²) in [5, 5.41) is 3.49. The van der Waals surface area contributed by atoms with Crippen LogP contribution in [0.25, 0.3) is 0 Å². The van der Waals surface area contributed by atoms with Crippen molar-refractivity contribution in [2.75, 3.05) is 6.54 Å². The molecule has 12 heavy (non-hydrogen) atoms. The highest BCUT2D eigenvalue weighted by molar-refractivity contribution is 4.75. The van der Waals surface area contributed by atoms with Gasteiger partial charge >= 0.3 is 0 Å². The minimum atomic E-state index is 0.486. The molecule has 0 aliphatic heterocycles. The molecule has 3 N–H and O–H groups in total. The summed E-state index contributed by atoms with van der Waals surface area (Å²) in [7, 11) is 0. The smallest absolute Gasteiger partial charge is 0.00390 e. The van der Waals surface area contributed by atoms with Crippen LogP contribution in [0.2, 0.25) is 0 Å². The fraction of sp³-hybridized carbons (Fsp3) is 1.00. The Kier molecular flexibility index (Phi) is 4.02. The van der Waals surface area contributed by atoms with Crippen LogP contribution in [0, 0.1) is 5.92 Å². The van der Waals surface area contributed by atoms with Crippen LogP contribution in [0.1, 0.15) is 39.5 Å². The van der Waals surface area contributed by atoms with Gasteiger partial charge in [0, 0.05) is 12.1 Å². The number of hydrogen-bond acceptors (Lipinski definition) is 2. The zero-order valence-corrected chi connectivity index (χ0v) is 8.34. The first-order valence-corrected chi connectivity index (χ1v) is 5.17. The van der Waals surface area contributed by atoms with Gasteiger partial charge in [-0.05, 0) is 38.1 Å². The first-order chi connectivity index (χ1) is 5.68. The summed E-state index contributed by atoms with van der Waals surface area (Å²) in [5.41, 5.74) is 5.83. The van der Waals surface area contributed by atoms with E-state index in [4.69, 9.17) is 5.73 Å². The van der Waals surface area contributed by atoms with Crippen LogP contribution < -0.4 is 11.1 Å². The van der Waals surface area contributed by atoms with E-state index in [2.05, 4.69) is 19.2 Å². The highest BCUT2D eigenvalue weighted by Gasteiger charge is 2.17. The second kappa shape index (κ2) is 4.83. The summed E-state index contributed by atoms with van der Waals surface area (Å²) >= 11 is 0. The van der Waals surface area contributed by atoms with E-state index in [1.54, 1.807) is 0 Å². The molecule has 0 unspecified atom stereocenters. The molecule has 0 spiro atoms. The summed E-state index contributed by atoms with van der Waals surface area (Å²) in [5.74, 6) is 0.882. The molecule has 0 saturated heterocycles. The second-order valence-corrected chi connectivity index (χ2v) is 4.34. The van der Waals surface area contributed by atoms with Crippen molar-refractivity contribution in [3.8, 4) is 0 Å². The Labute approximate surface area is 75.9 Å². The lowest BCUT2D eigenvalue weighted by Crippen LogP contribution is -2.34. The van der Waals surface area contributed by atoms with Gasteiger partial charge in [0.2, 0.25) is 0 Å². The number of nitrogens with one attached hydrogen (secondary N) is 1. The van der Waals surface area contributed by atoms with Crippen molar-refractivity contribution in [1.29, 1.82) is 0 Å². The summed E-state index contributed by atoms with van der Waals surface area (Å²) in [6.07, 6.45) is 5.09. The Morgan fingerprint density at radius 1 is 1.25 bits per heavy atom. The van der Waals surface area contributed by atoms with Gasteiger partial charge in [-0.25, -0.2) is 0 Å². The van der Waals surface area contributed by atoms with Crippen LogP contribution in [0.4, 0.5) is 0 Å². The minimum absolute atomic E-state index is 0.486. The van der Waals surface area contributed by atoms with Gasteiger partial charge in [-0.3, -0.25) is 0 Å². The van der Waals surface area contributed by atoms with Crippen LogP contribution in [0.3, 0.4) is 0 Å². The van der Waals surface area contributed by atoms with Gasteiger partial charge in [0.1, 0.15) is 0 Å². The molecule has 0 atom stereocenters. The Morgan fingerprint density at radius 2 is 1.83 bits per heavy atom. The van der Waals surface area contributed by atoms with E-state index in [0.29, 0.717) is 12.1 Å². The monoisotopic (exact) mass is 170 g/mol. The van der Waals surface area contributed by atoms with Crippen molar-refractivity contribution in [2.24, 2.45) is 11.7 Å². The minimum Gasteiger partial charge on any atom is -0.328 e. The van der Waals surface area contributed by atoms with Gasteiger partial charge in [-0.2, -0.15) is 0 Å². The molecule has 1 saturated carbocycles. The predicted octanol–water partition coefficient (Wildman–Crippen LogP) is 1.50. The second-order valence-electron chi connectivity index (χ2n) is 4.34. The average Bonchev–Trinajstić information content (AvgIpc) is 2.03. The molecule has 1 aliphatic carbocycles. The third-order valence-electron chi connectivity index (χ3n) is 2.71. The third-order valence-corrected chi connectivity index (χ3v) is 2.71. The normalized spacial score (nSPS) is 31.0.